The van der Waals surface area contributed by atoms with Crippen LogP contribution in [0.25, 0.3) is 11.1 Å². The van der Waals surface area contributed by atoms with Gasteiger partial charge in [-0.3, -0.25) is 14.6 Å². The molecule has 2 aromatic heterocycles. The summed E-state index contributed by atoms with van der Waals surface area (Å²) in [5, 5.41) is 4.98. The van der Waals surface area contributed by atoms with Crippen LogP contribution in [0.1, 0.15) is 11.6 Å². The highest BCUT2D eigenvalue weighted by Crippen LogP contribution is 2.25. The van der Waals surface area contributed by atoms with Crippen molar-refractivity contribution in [3.8, 4) is 11.1 Å². The Hall–Kier alpha value is -2.17. The second-order valence-corrected chi connectivity index (χ2v) is 6.36. The second-order valence-electron chi connectivity index (χ2n) is 5.92. The molecule has 1 aliphatic rings. The van der Waals surface area contributed by atoms with E-state index in [0.717, 1.165) is 19.6 Å². The Labute approximate surface area is 140 Å². The lowest BCUT2D eigenvalue weighted by molar-refractivity contribution is 0.0909. The van der Waals surface area contributed by atoms with Gasteiger partial charge in [0.05, 0.1) is 17.3 Å². The maximum absolute atomic E-state index is 5.92. The monoisotopic (exact) mass is 324 g/mol. The van der Waals surface area contributed by atoms with Crippen LogP contribution in [0, 0.1) is 0 Å². The van der Waals surface area contributed by atoms with Gasteiger partial charge in [0.2, 0.25) is 0 Å². The molecule has 3 aromatic rings. The first-order valence-corrected chi connectivity index (χ1v) is 8.07. The van der Waals surface area contributed by atoms with Crippen molar-refractivity contribution in [1.82, 2.24) is 19.7 Å². The quantitative estimate of drug-likeness (QED) is 0.734. The largest absolute Gasteiger partial charge is 0.295 e. The minimum absolute atomic E-state index is 0.443. The number of pyridine rings is 1. The van der Waals surface area contributed by atoms with Crippen LogP contribution in [-0.2, 0) is 6.54 Å². The molecular weight excluding hydrogens is 308 g/mol. The highest BCUT2D eigenvalue weighted by molar-refractivity contribution is 6.30. The molecule has 0 radical (unpaired) electrons. The zero-order valence-electron chi connectivity index (χ0n) is 12.6. The van der Waals surface area contributed by atoms with E-state index in [2.05, 4.69) is 39.2 Å². The van der Waals surface area contributed by atoms with E-state index in [0.29, 0.717) is 11.1 Å². The Bertz CT molecular complexity index is 776. The summed E-state index contributed by atoms with van der Waals surface area (Å²) in [4.78, 5) is 6.48. The molecule has 3 heterocycles. The minimum Gasteiger partial charge on any atom is -0.295 e. The van der Waals surface area contributed by atoms with Gasteiger partial charge in [-0.15, -0.1) is 0 Å². The summed E-state index contributed by atoms with van der Waals surface area (Å²) < 4.78 is 1.96. The number of likely N-dealkylation sites (tertiary alicyclic amines) is 1. The fourth-order valence-electron chi connectivity index (χ4n) is 2.96. The Morgan fingerprint density at radius 1 is 1.00 bits per heavy atom. The molecule has 116 valence electrons. The SMILES string of the molecule is Clc1cnn(C2CN(Cc3ccc(-c4ccncc4)cc3)C2)c1. The molecule has 23 heavy (non-hydrogen) atoms. The van der Waals surface area contributed by atoms with Crippen molar-refractivity contribution < 1.29 is 0 Å². The van der Waals surface area contributed by atoms with Gasteiger partial charge in [-0.2, -0.15) is 5.10 Å². The van der Waals surface area contributed by atoms with Gasteiger partial charge in [-0.1, -0.05) is 35.9 Å². The lowest BCUT2D eigenvalue weighted by Crippen LogP contribution is -2.47. The number of halogens is 1. The first-order valence-electron chi connectivity index (χ1n) is 7.69. The molecule has 1 fully saturated rings. The maximum Gasteiger partial charge on any atom is 0.0785 e. The summed E-state index contributed by atoms with van der Waals surface area (Å²) in [7, 11) is 0. The average molecular weight is 325 g/mol. The molecule has 1 aromatic carbocycles. The second kappa shape index (κ2) is 6.14. The lowest BCUT2D eigenvalue weighted by atomic mass is 10.0. The van der Waals surface area contributed by atoms with Crippen molar-refractivity contribution in [3.63, 3.8) is 0 Å². The third-order valence-electron chi connectivity index (χ3n) is 4.26. The molecule has 4 rings (SSSR count). The van der Waals surface area contributed by atoms with Crippen LogP contribution in [0.5, 0.6) is 0 Å². The molecule has 0 spiro atoms. The number of hydrogen-bond acceptors (Lipinski definition) is 3. The van der Waals surface area contributed by atoms with Crippen molar-refractivity contribution in [1.29, 1.82) is 0 Å². The third kappa shape index (κ3) is 3.14. The smallest absolute Gasteiger partial charge is 0.0785 e. The molecule has 1 aliphatic heterocycles. The van der Waals surface area contributed by atoms with E-state index in [1.54, 1.807) is 6.20 Å². The lowest BCUT2D eigenvalue weighted by Gasteiger charge is -2.39. The molecule has 0 aliphatic carbocycles. The number of rotatable bonds is 4. The Morgan fingerprint density at radius 2 is 1.70 bits per heavy atom. The molecule has 0 N–H and O–H groups in total. The first-order chi connectivity index (χ1) is 11.3. The van der Waals surface area contributed by atoms with Gasteiger partial charge in [0.25, 0.3) is 0 Å². The van der Waals surface area contributed by atoms with Crippen molar-refractivity contribution in [2.45, 2.75) is 12.6 Å². The number of benzene rings is 1. The molecule has 5 heteroatoms. The zero-order chi connectivity index (χ0) is 15.6. The standard InChI is InChI=1S/C18H17ClN4/c19-17-9-21-23(11-17)18-12-22(13-18)10-14-1-3-15(4-2-14)16-5-7-20-8-6-16/h1-9,11,18H,10,12-13H2. The predicted octanol–water partition coefficient (Wildman–Crippen LogP) is 3.66. The van der Waals surface area contributed by atoms with Crippen LogP contribution in [0.4, 0.5) is 0 Å². The Kier molecular flexibility index (Phi) is 3.85. The summed E-state index contributed by atoms with van der Waals surface area (Å²) in [5.41, 5.74) is 3.76. The molecule has 0 unspecified atom stereocenters. The van der Waals surface area contributed by atoms with Crippen molar-refractivity contribution in [2.75, 3.05) is 13.1 Å². The van der Waals surface area contributed by atoms with Gasteiger partial charge in [-0.05, 0) is 28.8 Å². The van der Waals surface area contributed by atoms with Gasteiger partial charge in [0.1, 0.15) is 0 Å². The molecule has 0 amide bonds. The van der Waals surface area contributed by atoms with E-state index < -0.39 is 0 Å². The van der Waals surface area contributed by atoms with E-state index >= 15 is 0 Å². The molecular formula is C18H17ClN4. The van der Waals surface area contributed by atoms with Gasteiger partial charge in [-0.25, -0.2) is 0 Å². The topological polar surface area (TPSA) is 34.0 Å². The van der Waals surface area contributed by atoms with Crippen LogP contribution in [0.2, 0.25) is 5.02 Å². The van der Waals surface area contributed by atoms with Crippen molar-refractivity contribution in [3.05, 3.63) is 71.8 Å². The highest BCUT2D eigenvalue weighted by atomic mass is 35.5. The normalized spacial score (nSPS) is 15.5. The predicted molar refractivity (Wildman–Crippen MR) is 91.2 cm³/mol. The van der Waals surface area contributed by atoms with E-state index in [1.807, 2.05) is 35.4 Å². The van der Waals surface area contributed by atoms with Crippen LogP contribution in [-0.4, -0.2) is 32.8 Å². The van der Waals surface area contributed by atoms with E-state index in [9.17, 15) is 0 Å². The Balaban J connectivity index is 1.36. The van der Waals surface area contributed by atoms with Gasteiger partial charge >= 0.3 is 0 Å². The Morgan fingerprint density at radius 3 is 2.35 bits per heavy atom. The summed E-state index contributed by atoms with van der Waals surface area (Å²) in [6, 6.07) is 13.3. The van der Waals surface area contributed by atoms with Crippen LogP contribution < -0.4 is 0 Å². The van der Waals surface area contributed by atoms with Gasteiger partial charge in [0, 0.05) is 38.2 Å². The highest BCUT2D eigenvalue weighted by Gasteiger charge is 2.28. The summed E-state index contributed by atoms with van der Waals surface area (Å²) in [5.74, 6) is 0. The zero-order valence-corrected chi connectivity index (χ0v) is 13.4. The first kappa shape index (κ1) is 14.4. The molecule has 0 bridgehead atoms. The van der Waals surface area contributed by atoms with E-state index in [1.165, 1.54) is 16.7 Å². The van der Waals surface area contributed by atoms with Crippen LogP contribution >= 0.6 is 11.6 Å². The number of nitrogens with zero attached hydrogens (tertiary/aromatic N) is 4. The van der Waals surface area contributed by atoms with Crippen molar-refractivity contribution >= 4 is 11.6 Å². The minimum atomic E-state index is 0.443. The van der Waals surface area contributed by atoms with E-state index in [4.69, 9.17) is 11.6 Å². The van der Waals surface area contributed by atoms with Gasteiger partial charge in [0.15, 0.2) is 0 Å². The van der Waals surface area contributed by atoms with Crippen LogP contribution in [0.3, 0.4) is 0 Å². The fourth-order valence-corrected chi connectivity index (χ4v) is 3.10. The van der Waals surface area contributed by atoms with Crippen LogP contribution in [0.15, 0.2) is 61.2 Å². The molecule has 0 atom stereocenters. The number of aromatic nitrogens is 3. The molecule has 1 saturated heterocycles. The van der Waals surface area contributed by atoms with E-state index in [-0.39, 0.29) is 0 Å². The maximum atomic E-state index is 5.92. The van der Waals surface area contributed by atoms with Gasteiger partial charge < -0.3 is 0 Å². The molecule has 0 saturated carbocycles. The summed E-state index contributed by atoms with van der Waals surface area (Å²) in [6.45, 7) is 3.01. The van der Waals surface area contributed by atoms with Crippen molar-refractivity contribution in [2.24, 2.45) is 0 Å². The average Bonchev–Trinajstić information content (AvgIpc) is 2.98. The fraction of sp³-hybridized carbons (Fsp3) is 0.222. The summed E-state index contributed by atoms with van der Waals surface area (Å²) in [6.07, 6.45) is 7.24. The third-order valence-corrected chi connectivity index (χ3v) is 4.45. The summed E-state index contributed by atoms with van der Waals surface area (Å²) >= 11 is 5.92. The number of hydrogen-bond donors (Lipinski definition) is 0. The molecule has 4 nitrogen and oxygen atoms in total.